The molecule has 0 aliphatic rings. The first kappa shape index (κ1) is 11.2. The molecule has 0 saturated carbocycles. The molecule has 0 aliphatic heterocycles. The number of carboxylic acid groups (broad SMARTS) is 1. The predicted octanol–water partition coefficient (Wildman–Crippen LogP) is 1.76. The van der Waals surface area contributed by atoms with Gasteiger partial charge in [-0.15, -0.1) is 0 Å². The van der Waals surface area contributed by atoms with Crippen LogP contribution in [0.15, 0.2) is 18.2 Å². The van der Waals surface area contributed by atoms with Crippen LogP contribution in [0, 0.1) is 0 Å². The molecule has 2 rings (SSSR count). The van der Waals surface area contributed by atoms with E-state index in [-0.39, 0.29) is 5.52 Å². The van der Waals surface area contributed by atoms with Crippen molar-refractivity contribution in [3.8, 4) is 5.75 Å². The molecule has 0 spiro atoms. The quantitative estimate of drug-likeness (QED) is 0.803. The Bertz CT molecular complexity index is 603. The Hall–Kier alpha value is -2.25. The Balaban J connectivity index is 2.79. The SMILES string of the molecule is O=C(O)c1cc2cc(O)cc(C(F)(F)F)n2n1. The highest BCUT2D eigenvalue weighted by Gasteiger charge is 2.35. The summed E-state index contributed by atoms with van der Waals surface area (Å²) in [7, 11) is 0. The molecule has 2 aromatic heterocycles. The minimum Gasteiger partial charge on any atom is -0.508 e. The molecule has 2 N–H and O–H groups in total. The smallest absolute Gasteiger partial charge is 0.433 e. The summed E-state index contributed by atoms with van der Waals surface area (Å²) in [5.41, 5.74) is -1.91. The molecule has 0 fully saturated rings. The lowest BCUT2D eigenvalue weighted by molar-refractivity contribution is -0.142. The van der Waals surface area contributed by atoms with Gasteiger partial charge in [-0.2, -0.15) is 18.3 Å². The Morgan fingerprint density at radius 3 is 2.47 bits per heavy atom. The first-order chi connectivity index (χ1) is 7.79. The molecule has 5 nitrogen and oxygen atoms in total. The normalized spacial score (nSPS) is 11.9. The van der Waals surface area contributed by atoms with Gasteiger partial charge in [0, 0.05) is 12.1 Å². The molecule has 0 atom stereocenters. The molecule has 0 aromatic carbocycles. The van der Waals surface area contributed by atoms with Crippen LogP contribution >= 0.6 is 0 Å². The molecule has 0 bridgehead atoms. The van der Waals surface area contributed by atoms with Crippen LogP contribution < -0.4 is 0 Å². The van der Waals surface area contributed by atoms with Gasteiger partial charge in [-0.05, 0) is 6.07 Å². The molecular weight excluding hydrogens is 241 g/mol. The van der Waals surface area contributed by atoms with Gasteiger partial charge < -0.3 is 10.2 Å². The summed E-state index contributed by atoms with van der Waals surface area (Å²) in [5, 5.41) is 21.1. The van der Waals surface area contributed by atoms with Gasteiger partial charge >= 0.3 is 12.1 Å². The summed E-state index contributed by atoms with van der Waals surface area (Å²) >= 11 is 0. The molecule has 17 heavy (non-hydrogen) atoms. The van der Waals surface area contributed by atoms with Crippen molar-refractivity contribution in [2.24, 2.45) is 0 Å². The lowest BCUT2D eigenvalue weighted by atomic mass is 10.3. The van der Waals surface area contributed by atoms with Gasteiger partial charge in [0.05, 0.1) is 5.52 Å². The number of aromatic carboxylic acids is 1. The van der Waals surface area contributed by atoms with E-state index in [1.165, 1.54) is 0 Å². The van der Waals surface area contributed by atoms with E-state index in [1.807, 2.05) is 0 Å². The molecule has 0 aliphatic carbocycles. The lowest BCUT2D eigenvalue weighted by Crippen LogP contribution is -2.12. The van der Waals surface area contributed by atoms with Crippen molar-refractivity contribution in [1.29, 1.82) is 0 Å². The van der Waals surface area contributed by atoms with Crippen LogP contribution in [0.4, 0.5) is 13.2 Å². The van der Waals surface area contributed by atoms with Gasteiger partial charge in [-0.25, -0.2) is 9.31 Å². The van der Waals surface area contributed by atoms with Crippen molar-refractivity contribution in [2.75, 3.05) is 0 Å². The van der Waals surface area contributed by atoms with Gasteiger partial charge in [-0.3, -0.25) is 0 Å². The maximum absolute atomic E-state index is 12.6. The zero-order chi connectivity index (χ0) is 12.8. The summed E-state index contributed by atoms with van der Waals surface area (Å²) in [6.07, 6.45) is -4.74. The van der Waals surface area contributed by atoms with Gasteiger partial charge in [0.15, 0.2) is 5.69 Å². The number of hydrogen-bond donors (Lipinski definition) is 2. The second-order valence-electron chi connectivity index (χ2n) is 3.27. The van der Waals surface area contributed by atoms with Crippen LogP contribution in [0.3, 0.4) is 0 Å². The minimum absolute atomic E-state index is 0.144. The second-order valence-corrected chi connectivity index (χ2v) is 3.27. The highest BCUT2D eigenvalue weighted by atomic mass is 19.4. The van der Waals surface area contributed by atoms with Crippen molar-refractivity contribution in [3.63, 3.8) is 0 Å². The summed E-state index contributed by atoms with van der Waals surface area (Å²) in [6, 6.07) is 2.41. The fraction of sp³-hybridized carbons (Fsp3) is 0.111. The Morgan fingerprint density at radius 2 is 1.94 bits per heavy atom. The van der Waals surface area contributed by atoms with Crippen LogP contribution in [0.1, 0.15) is 16.2 Å². The van der Waals surface area contributed by atoms with Crippen LogP contribution in [-0.4, -0.2) is 25.8 Å². The number of halogens is 3. The molecule has 90 valence electrons. The van der Waals surface area contributed by atoms with Crippen molar-refractivity contribution >= 4 is 11.5 Å². The average molecular weight is 246 g/mol. The van der Waals surface area contributed by atoms with Crippen molar-refractivity contribution in [1.82, 2.24) is 9.61 Å². The van der Waals surface area contributed by atoms with E-state index in [0.29, 0.717) is 10.6 Å². The van der Waals surface area contributed by atoms with Gasteiger partial charge in [0.25, 0.3) is 0 Å². The molecule has 0 saturated heterocycles. The number of nitrogens with zero attached hydrogens (tertiary/aromatic N) is 2. The summed E-state index contributed by atoms with van der Waals surface area (Å²) in [4.78, 5) is 10.6. The van der Waals surface area contributed by atoms with E-state index < -0.39 is 29.3 Å². The maximum atomic E-state index is 12.6. The topological polar surface area (TPSA) is 74.8 Å². The highest BCUT2D eigenvalue weighted by molar-refractivity contribution is 5.87. The zero-order valence-corrected chi connectivity index (χ0v) is 8.06. The molecule has 2 aromatic rings. The zero-order valence-electron chi connectivity index (χ0n) is 8.06. The number of hydrogen-bond acceptors (Lipinski definition) is 3. The molecule has 8 heteroatoms. The predicted molar refractivity (Wildman–Crippen MR) is 48.8 cm³/mol. The molecule has 0 amide bonds. The van der Waals surface area contributed by atoms with Crippen LogP contribution in [0.5, 0.6) is 5.75 Å². The summed E-state index contributed by atoms with van der Waals surface area (Å²) < 4.78 is 38.2. The van der Waals surface area contributed by atoms with Crippen molar-refractivity contribution in [3.05, 3.63) is 29.6 Å². The van der Waals surface area contributed by atoms with Crippen molar-refractivity contribution < 1.29 is 28.2 Å². The lowest BCUT2D eigenvalue weighted by Gasteiger charge is -2.08. The standard InChI is InChI=1S/C9H5F3N2O3/c10-9(11,12)7-3-5(15)1-4-2-6(8(16)17)13-14(4)7/h1-3,15H,(H,16,17). The fourth-order valence-corrected chi connectivity index (χ4v) is 1.39. The third-order valence-corrected chi connectivity index (χ3v) is 2.06. The number of aromatic hydroxyl groups is 1. The van der Waals surface area contributed by atoms with E-state index in [1.54, 1.807) is 0 Å². The van der Waals surface area contributed by atoms with E-state index in [0.717, 1.165) is 12.1 Å². The Kier molecular flexibility index (Phi) is 2.23. The monoisotopic (exact) mass is 246 g/mol. The minimum atomic E-state index is -4.74. The number of aromatic nitrogens is 2. The summed E-state index contributed by atoms with van der Waals surface area (Å²) in [6.45, 7) is 0. The highest BCUT2D eigenvalue weighted by Crippen LogP contribution is 2.32. The van der Waals surface area contributed by atoms with Gasteiger partial charge in [-0.1, -0.05) is 0 Å². The number of rotatable bonds is 1. The van der Waals surface area contributed by atoms with Crippen LogP contribution in [0.25, 0.3) is 5.52 Å². The van der Waals surface area contributed by atoms with Crippen LogP contribution in [-0.2, 0) is 6.18 Å². The number of carboxylic acids is 1. The van der Waals surface area contributed by atoms with Crippen molar-refractivity contribution in [2.45, 2.75) is 6.18 Å². The third kappa shape index (κ3) is 1.88. The fourth-order valence-electron chi connectivity index (χ4n) is 1.39. The molecule has 2 heterocycles. The first-order valence-corrected chi connectivity index (χ1v) is 4.32. The average Bonchev–Trinajstić information content (AvgIpc) is 2.58. The Morgan fingerprint density at radius 1 is 1.29 bits per heavy atom. The van der Waals surface area contributed by atoms with E-state index in [9.17, 15) is 18.0 Å². The molecule has 0 radical (unpaired) electrons. The van der Waals surface area contributed by atoms with Gasteiger partial charge in [0.1, 0.15) is 11.4 Å². The maximum Gasteiger partial charge on any atom is 0.433 e. The van der Waals surface area contributed by atoms with E-state index >= 15 is 0 Å². The third-order valence-electron chi connectivity index (χ3n) is 2.06. The number of carbonyl (C=O) groups is 1. The second kappa shape index (κ2) is 3.37. The largest absolute Gasteiger partial charge is 0.508 e. The summed E-state index contributed by atoms with van der Waals surface area (Å²) in [5.74, 6) is -2.05. The number of alkyl halides is 3. The first-order valence-electron chi connectivity index (χ1n) is 4.32. The van der Waals surface area contributed by atoms with Crippen LogP contribution in [0.2, 0.25) is 0 Å². The number of pyridine rings is 1. The number of fused-ring (bicyclic) bond motifs is 1. The van der Waals surface area contributed by atoms with E-state index in [2.05, 4.69) is 5.10 Å². The molecular formula is C9H5F3N2O3. The van der Waals surface area contributed by atoms with Gasteiger partial charge in [0.2, 0.25) is 0 Å². The molecule has 0 unspecified atom stereocenters. The Labute approximate surface area is 91.7 Å². The van der Waals surface area contributed by atoms with E-state index in [4.69, 9.17) is 10.2 Å².